The number of rotatable bonds is 11. The number of hydrogen-bond donors (Lipinski definition) is 0. The molecule has 2 aliphatic heterocycles. The molecule has 4 heterocycles. The first-order valence-corrected chi connectivity index (χ1v) is 44.9. The van der Waals surface area contributed by atoms with Gasteiger partial charge in [-0.2, -0.15) is 0 Å². The van der Waals surface area contributed by atoms with Crippen LogP contribution in [-0.4, -0.2) is 15.8 Å². The zero-order valence-electron chi connectivity index (χ0n) is 81.7. The number of benzene rings is 11. The summed E-state index contributed by atoms with van der Waals surface area (Å²) >= 11 is 0. The van der Waals surface area contributed by atoms with Crippen LogP contribution < -0.4 is 26.2 Å². The summed E-state index contributed by atoms with van der Waals surface area (Å²) in [4.78, 5) is 5.25. The van der Waals surface area contributed by atoms with E-state index in [2.05, 4.69) is 442 Å². The fourth-order valence-electron chi connectivity index (χ4n) is 19.1. The van der Waals surface area contributed by atoms with Gasteiger partial charge >= 0.3 is 0 Å². The van der Waals surface area contributed by atoms with Gasteiger partial charge in [-0.05, 0) is 290 Å². The Morgan fingerprint density at radius 2 is 0.525 bits per heavy atom. The lowest BCUT2D eigenvalue weighted by Crippen LogP contribution is -2.61. The van der Waals surface area contributed by atoms with Crippen molar-refractivity contribution in [3.63, 3.8) is 0 Å². The van der Waals surface area contributed by atoms with Gasteiger partial charge in [-0.1, -0.05) is 313 Å². The van der Waals surface area contributed by atoms with E-state index in [0.717, 1.165) is 98.9 Å². The molecular formula is C115H141BN4. The van der Waals surface area contributed by atoms with E-state index in [1.807, 2.05) is 0 Å². The topological polar surface area (TPSA) is 16.3 Å². The molecule has 120 heavy (non-hydrogen) atoms. The van der Waals surface area contributed by atoms with Crippen LogP contribution in [0.2, 0.25) is 0 Å². The predicted octanol–water partition coefficient (Wildman–Crippen LogP) is 31.0. The predicted molar refractivity (Wildman–Crippen MR) is 528 cm³/mol. The Kier molecular flexibility index (Phi) is 20.2. The van der Waals surface area contributed by atoms with Crippen LogP contribution in [-0.2, 0) is 64.5 Å². The Morgan fingerprint density at radius 1 is 0.242 bits per heavy atom. The highest BCUT2D eigenvalue weighted by atomic mass is 15.2. The summed E-state index contributed by atoms with van der Waals surface area (Å²) in [6.07, 6.45) is 1.95. The van der Waals surface area contributed by atoms with Crippen molar-refractivity contribution in [1.29, 1.82) is 0 Å². The monoisotopic (exact) mass is 1590 g/mol. The first-order valence-electron chi connectivity index (χ1n) is 45.9. The highest BCUT2D eigenvalue weighted by molar-refractivity contribution is 7.00. The molecule has 0 aliphatic carbocycles. The third-order valence-corrected chi connectivity index (χ3v) is 25.0. The molecule has 624 valence electrons. The minimum Gasteiger partial charge on any atom is -0.311 e. The van der Waals surface area contributed by atoms with Gasteiger partial charge in [0.25, 0.3) is 6.71 Å². The van der Waals surface area contributed by atoms with E-state index < -0.39 is 11.8 Å². The van der Waals surface area contributed by atoms with Crippen molar-refractivity contribution < 1.29 is 2.74 Å². The highest BCUT2D eigenvalue weighted by Gasteiger charge is 2.46. The highest BCUT2D eigenvalue weighted by Crippen LogP contribution is 2.54. The van der Waals surface area contributed by atoms with E-state index in [1.165, 1.54) is 110 Å². The Hall–Kier alpha value is -9.32. The Labute approximate surface area is 726 Å². The Morgan fingerprint density at radius 3 is 0.783 bits per heavy atom. The molecule has 2 aliphatic rings. The van der Waals surface area contributed by atoms with Crippen LogP contribution in [0.3, 0.4) is 0 Å². The minimum atomic E-state index is -1.87. The molecule has 0 amide bonds. The number of fused-ring (bicyclic) bond motifs is 10. The van der Waals surface area contributed by atoms with Crippen molar-refractivity contribution >= 4 is 101 Å². The SMILES string of the molecule is [2H]C([2H])(c1cc2c3c(c1)N(c1ccc(C(C)(C)C)cc1-c1cc(C(C)(C)C)cc(C(C)(C)C)c1)c1cc(-n4c5ccc(CC(C)(C)C)cc5c5cc(CC(C)(C)C)ccc54)ccc1B3c1ccc(-n3c4ccc(CC(C)(C)C)cc4c4cc(CC(C)(C)C)ccc43)cc1N2c1ccc(C(C)(C)C)cc1-c1cc(C(C)(C)C)cc(C(C)(C)C)c1)C(C)(C)C. The molecule has 11 aromatic carbocycles. The Bertz CT molecular complexity index is 5740. The smallest absolute Gasteiger partial charge is 0.252 e. The van der Waals surface area contributed by atoms with E-state index in [9.17, 15) is 2.74 Å². The van der Waals surface area contributed by atoms with Crippen LogP contribution in [0.25, 0.3) is 77.2 Å². The number of nitrogens with zero attached hydrogens (tertiary/aromatic N) is 4. The summed E-state index contributed by atoms with van der Waals surface area (Å²) in [6, 6.07) is 78.2. The van der Waals surface area contributed by atoms with Crippen molar-refractivity contribution in [2.45, 2.75) is 293 Å². The van der Waals surface area contributed by atoms with Gasteiger partial charge in [-0.15, -0.1) is 0 Å². The fourth-order valence-corrected chi connectivity index (χ4v) is 19.1. The van der Waals surface area contributed by atoms with E-state index in [1.54, 1.807) is 0 Å². The summed E-state index contributed by atoms with van der Waals surface area (Å²) in [5, 5.41) is 5.04. The maximum Gasteiger partial charge on any atom is 0.252 e. The lowest BCUT2D eigenvalue weighted by atomic mass is 9.33. The molecule has 4 nitrogen and oxygen atoms in total. The maximum atomic E-state index is 11.0. The third-order valence-electron chi connectivity index (χ3n) is 25.0. The molecule has 0 unspecified atom stereocenters. The molecule has 0 spiro atoms. The molecule has 0 atom stereocenters. The lowest BCUT2D eigenvalue weighted by Gasteiger charge is -2.45. The number of hydrogen-bond acceptors (Lipinski definition) is 2. The van der Waals surface area contributed by atoms with Crippen LogP contribution in [0, 0.1) is 27.1 Å². The summed E-state index contributed by atoms with van der Waals surface area (Å²) < 4.78 is 27.2. The van der Waals surface area contributed by atoms with Gasteiger partial charge in [0, 0.05) is 69.5 Å². The van der Waals surface area contributed by atoms with Crippen molar-refractivity contribution in [1.82, 2.24) is 9.13 Å². The average molecular weight is 1590 g/mol. The zero-order chi connectivity index (χ0) is 89.0. The van der Waals surface area contributed by atoms with E-state index in [0.29, 0.717) is 5.56 Å². The van der Waals surface area contributed by atoms with E-state index >= 15 is 0 Å². The second kappa shape index (κ2) is 29.2. The van der Waals surface area contributed by atoms with Crippen LogP contribution in [0.1, 0.15) is 292 Å². The molecule has 0 N–H and O–H groups in total. The molecule has 2 aromatic heterocycles. The van der Waals surface area contributed by atoms with Crippen molar-refractivity contribution in [3.8, 4) is 33.6 Å². The molecule has 0 saturated heterocycles. The standard InChI is InChI=1S/C115H141BN4/c1-105(2,3)66-71-34-44-96-88(50-71)89-51-72(67-106(4,5)6)35-45-97(89)117(96)84-40-42-92-100(64-84)119(94-48-38-78(110(16,17)18)62-86(94)76-56-80(112(22,23)24)60-81(57-76)113(25,26)27)102-54-75(70-109(13,14)15)55-103-104(102)116(92)93-43-41-85(118-98-46-36-73(68-107(7,8)9)52-90(98)91-53-74(37-47-99(91)118)69-108(10,11)12)65-101(93)120(103)95-49-39-79(111(19,20)21)63-87(95)77-58-82(114(28,29)30)61-83(59-77)115(31,32)33/h34-65H,66-70H2,1-33H3/i70D2. The third kappa shape index (κ3) is 17.1. The van der Waals surface area contributed by atoms with E-state index in [4.69, 9.17) is 0 Å². The second-order valence-corrected chi connectivity index (χ2v) is 48.5. The van der Waals surface area contributed by atoms with Crippen molar-refractivity contribution in [2.24, 2.45) is 27.1 Å². The first kappa shape index (κ1) is 83.0. The maximum absolute atomic E-state index is 11.0. The molecule has 13 aromatic rings. The van der Waals surface area contributed by atoms with Crippen LogP contribution in [0.5, 0.6) is 0 Å². The van der Waals surface area contributed by atoms with Gasteiger partial charge in [-0.25, -0.2) is 0 Å². The zero-order valence-corrected chi connectivity index (χ0v) is 79.7. The first-order chi connectivity index (χ1) is 56.1. The van der Waals surface area contributed by atoms with Gasteiger partial charge in [0.2, 0.25) is 0 Å². The number of anilines is 6. The van der Waals surface area contributed by atoms with Gasteiger partial charge in [0.1, 0.15) is 0 Å². The Balaban J connectivity index is 1.14. The average Bonchev–Trinajstić information content (AvgIpc) is 0.703. The van der Waals surface area contributed by atoms with Gasteiger partial charge < -0.3 is 18.9 Å². The molecule has 5 heteroatoms. The molecule has 0 bridgehead atoms. The minimum absolute atomic E-state index is 0.0849. The van der Waals surface area contributed by atoms with Gasteiger partial charge in [0.05, 0.1) is 33.4 Å². The fraction of sp³-hybridized carbons (Fsp3) is 0.426. The van der Waals surface area contributed by atoms with Crippen molar-refractivity contribution in [3.05, 3.63) is 255 Å². The van der Waals surface area contributed by atoms with E-state index in [-0.39, 0.29) is 60.9 Å². The summed E-state index contributed by atoms with van der Waals surface area (Å²) in [7, 11) is 0. The van der Waals surface area contributed by atoms with Crippen LogP contribution >= 0.6 is 0 Å². The normalized spacial score (nSPS) is 14.5. The second-order valence-electron chi connectivity index (χ2n) is 48.5. The quantitative estimate of drug-likeness (QED) is 0.120. The van der Waals surface area contributed by atoms with Crippen LogP contribution in [0.4, 0.5) is 34.1 Å². The molecule has 15 rings (SSSR count). The molecule has 0 radical (unpaired) electrons. The summed E-state index contributed by atoms with van der Waals surface area (Å²) in [6.45, 7) is 76.5. The number of aromatic nitrogens is 2. The van der Waals surface area contributed by atoms with Gasteiger partial charge in [0.15, 0.2) is 0 Å². The summed E-state index contributed by atoms with van der Waals surface area (Å²) in [5.74, 6) is 0. The molecular weight excluding hydrogens is 1450 g/mol. The largest absolute Gasteiger partial charge is 0.311 e. The molecule has 0 saturated carbocycles. The lowest BCUT2D eigenvalue weighted by molar-refractivity contribution is 0.411. The van der Waals surface area contributed by atoms with Crippen LogP contribution in [0.15, 0.2) is 194 Å². The van der Waals surface area contributed by atoms with Crippen molar-refractivity contribution in [2.75, 3.05) is 9.80 Å². The summed E-state index contributed by atoms with van der Waals surface area (Å²) in [5.41, 5.74) is 32.9. The van der Waals surface area contributed by atoms with Gasteiger partial charge in [-0.3, -0.25) is 0 Å². The molecule has 0 fully saturated rings.